The molecule has 1 saturated carbocycles. The molecule has 0 spiro atoms. The van der Waals surface area contributed by atoms with Crippen molar-refractivity contribution >= 4 is 11.8 Å². The van der Waals surface area contributed by atoms with Gasteiger partial charge in [0.05, 0.1) is 0 Å². The number of hydrogen-bond acceptors (Lipinski definition) is 2. The number of carbonyl (C=O) groups excluding carboxylic acids is 2. The number of nitrogens with one attached hydrogen (secondary N) is 1. The monoisotopic (exact) mass is 306 g/mol. The minimum Gasteiger partial charge on any atom is -0.342 e. The van der Waals surface area contributed by atoms with Crippen molar-refractivity contribution in [3.8, 4) is 0 Å². The van der Waals surface area contributed by atoms with Crippen LogP contribution >= 0.6 is 0 Å². The number of amides is 2. The zero-order valence-electron chi connectivity index (χ0n) is 12.6. The van der Waals surface area contributed by atoms with E-state index >= 15 is 0 Å². The van der Waals surface area contributed by atoms with E-state index in [1.165, 1.54) is 0 Å². The molecule has 0 aromatic heterocycles. The molecule has 1 N–H and O–H groups in total. The van der Waals surface area contributed by atoms with Gasteiger partial charge in [0.25, 0.3) is 0 Å². The summed E-state index contributed by atoms with van der Waals surface area (Å²) >= 11 is 0. The lowest BCUT2D eigenvalue weighted by Gasteiger charge is -2.46. The Bertz CT molecular complexity index is 456. The summed E-state index contributed by atoms with van der Waals surface area (Å²) in [5, 5.41) is 2.58. The smallest absolute Gasteiger partial charge is 0.342 e. The Morgan fingerprint density at radius 3 is 2.00 bits per heavy atom. The standard InChI is InChI=1S/C14H21F3N2O2/c1-7(2)9-12(21)19(10(8(3)4)11(20)18-9)13(5-6-13)14(15,16)17/h7-10H,5-6H2,1-4H3,(H,18,20). The van der Waals surface area contributed by atoms with Gasteiger partial charge in [-0.25, -0.2) is 0 Å². The molecule has 2 rings (SSSR count). The zero-order chi connectivity index (χ0) is 16.2. The predicted molar refractivity (Wildman–Crippen MR) is 70.3 cm³/mol. The molecule has 0 aromatic carbocycles. The maximum Gasteiger partial charge on any atom is 0.411 e. The molecule has 0 aromatic rings. The number of alkyl halides is 3. The second-order valence-electron chi connectivity index (χ2n) is 6.66. The van der Waals surface area contributed by atoms with Gasteiger partial charge < -0.3 is 10.2 Å². The summed E-state index contributed by atoms with van der Waals surface area (Å²) in [5.74, 6) is -1.72. The third-order valence-electron chi connectivity index (χ3n) is 4.36. The van der Waals surface area contributed by atoms with Crippen LogP contribution in [0.15, 0.2) is 0 Å². The molecule has 0 bridgehead atoms. The fraction of sp³-hybridized carbons (Fsp3) is 0.857. The summed E-state index contributed by atoms with van der Waals surface area (Å²) in [6, 6.07) is -1.94. The molecule has 1 saturated heterocycles. The Morgan fingerprint density at radius 1 is 1.14 bits per heavy atom. The Labute approximate surface area is 122 Å². The Hall–Kier alpha value is -1.27. The summed E-state index contributed by atoms with van der Waals surface area (Å²) in [6.45, 7) is 6.74. The minimum atomic E-state index is -4.51. The molecule has 4 nitrogen and oxygen atoms in total. The normalized spacial score (nSPS) is 29.1. The first kappa shape index (κ1) is 16.1. The molecule has 1 aliphatic carbocycles. The second-order valence-corrected chi connectivity index (χ2v) is 6.66. The number of rotatable bonds is 3. The van der Waals surface area contributed by atoms with E-state index in [2.05, 4.69) is 5.32 Å². The average Bonchev–Trinajstić information content (AvgIpc) is 3.10. The molecule has 2 unspecified atom stereocenters. The summed E-state index contributed by atoms with van der Waals surface area (Å²) < 4.78 is 40.3. The van der Waals surface area contributed by atoms with Gasteiger partial charge in [0, 0.05) is 0 Å². The molecule has 21 heavy (non-hydrogen) atoms. The number of hydrogen-bond donors (Lipinski definition) is 1. The first-order valence-electron chi connectivity index (χ1n) is 7.23. The lowest BCUT2D eigenvalue weighted by Crippen LogP contribution is -2.71. The van der Waals surface area contributed by atoms with E-state index in [0.29, 0.717) is 0 Å². The maximum absolute atomic E-state index is 13.4. The highest BCUT2D eigenvalue weighted by Gasteiger charge is 2.71. The van der Waals surface area contributed by atoms with Crippen LogP contribution < -0.4 is 5.32 Å². The minimum absolute atomic E-state index is 0.121. The molecule has 1 aliphatic heterocycles. The van der Waals surface area contributed by atoms with Gasteiger partial charge in [0.15, 0.2) is 0 Å². The van der Waals surface area contributed by atoms with E-state index in [0.717, 1.165) is 4.90 Å². The van der Waals surface area contributed by atoms with Crippen molar-refractivity contribution in [2.45, 2.75) is 64.3 Å². The molecule has 7 heteroatoms. The number of piperazine rings is 1. The fourth-order valence-electron chi connectivity index (χ4n) is 3.01. The molecule has 1 heterocycles. The molecule has 2 aliphatic rings. The van der Waals surface area contributed by atoms with Crippen molar-refractivity contribution in [1.82, 2.24) is 10.2 Å². The van der Waals surface area contributed by atoms with E-state index < -0.39 is 35.6 Å². The molecule has 2 atom stereocenters. The van der Waals surface area contributed by atoms with Gasteiger partial charge in [-0.1, -0.05) is 27.7 Å². The van der Waals surface area contributed by atoms with Gasteiger partial charge >= 0.3 is 6.18 Å². The molecular formula is C14H21F3N2O2. The van der Waals surface area contributed by atoms with E-state index in [9.17, 15) is 22.8 Å². The van der Waals surface area contributed by atoms with Gasteiger partial charge in [-0.3, -0.25) is 9.59 Å². The third kappa shape index (κ3) is 2.40. The van der Waals surface area contributed by atoms with Crippen LogP contribution in [0.1, 0.15) is 40.5 Å². The highest BCUT2D eigenvalue weighted by atomic mass is 19.4. The van der Waals surface area contributed by atoms with Gasteiger partial charge in [0.2, 0.25) is 11.8 Å². The topological polar surface area (TPSA) is 49.4 Å². The first-order chi connectivity index (χ1) is 9.53. The molecular weight excluding hydrogens is 285 g/mol. The largest absolute Gasteiger partial charge is 0.411 e. The Morgan fingerprint density at radius 2 is 1.67 bits per heavy atom. The summed E-state index contributed by atoms with van der Waals surface area (Å²) in [4.78, 5) is 25.6. The molecule has 0 radical (unpaired) electrons. The first-order valence-corrected chi connectivity index (χ1v) is 7.23. The summed E-state index contributed by atoms with van der Waals surface area (Å²) in [7, 11) is 0. The maximum atomic E-state index is 13.4. The third-order valence-corrected chi connectivity index (χ3v) is 4.36. The summed E-state index contributed by atoms with van der Waals surface area (Å²) in [6.07, 6.45) is -4.75. The van der Waals surface area contributed by atoms with Crippen molar-refractivity contribution in [1.29, 1.82) is 0 Å². The van der Waals surface area contributed by atoms with Crippen molar-refractivity contribution < 1.29 is 22.8 Å². The van der Waals surface area contributed by atoms with Crippen molar-refractivity contribution in [3.63, 3.8) is 0 Å². The van der Waals surface area contributed by atoms with Gasteiger partial charge in [0.1, 0.15) is 17.6 Å². The number of carbonyl (C=O) groups is 2. The van der Waals surface area contributed by atoms with Crippen molar-refractivity contribution in [3.05, 3.63) is 0 Å². The predicted octanol–water partition coefficient (Wildman–Crippen LogP) is 2.09. The van der Waals surface area contributed by atoms with Crippen LogP contribution in [-0.4, -0.2) is 40.5 Å². The van der Waals surface area contributed by atoms with Crippen LogP contribution in [0.5, 0.6) is 0 Å². The van der Waals surface area contributed by atoms with Crippen LogP contribution in [0, 0.1) is 11.8 Å². The van der Waals surface area contributed by atoms with Crippen LogP contribution in [-0.2, 0) is 9.59 Å². The van der Waals surface area contributed by atoms with Gasteiger partial charge in [-0.05, 0) is 24.7 Å². The quantitative estimate of drug-likeness (QED) is 0.868. The molecule has 2 fully saturated rings. The highest BCUT2D eigenvalue weighted by Crippen LogP contribution is 2.55. The van der Waals surface area contributed by atoms with E-state index in [4.69, 9.17) is 0 Å². The van der Waals surface area contributed by atoms with Gasteiger partial charge in [-0.15, -0.1) is 0 Å². The number of halogens is 3. The second kappa shape index (κ2) is 4.88. The highest BCUT2D eigenvalue weighted by molar-refractivity contribution is 5.98. The van der Waals surface area contributed by atoms with Crippen molar-refractivity contribution in [2.75, 3.05) is 0 Å². The van der Waals surface area contributed by atoms with E-state index in [-0.39, 0.29) is 24.7 Å². The van der Waals surface area contributed by atoms with Crippen LogP contribution in [0.4, 0.5) is 13.2 Å². The van der Waals surface area contributed by atoms with E-state index in [1.807, 2.05) is 0 Å². The Kier molecular flexibility index (Phi) is 3.74. The van der Waals surface area contributed by atoms with Crippen LogP contribution in [0.25, 0.3) is 0 Å². The van der Waals surface area contributed by atoms with Crippen LogP contribution in [0.3, 0.4) is 0 Å². The number of nitrogens with zero attached hydrogens (tertiary/aromatic N) is 1. The lowest BCUT2D eigenvalue weighted by atomic mass is 9.90. The molecule has 2 amide bonds. The lowest BCUT2D eigenvalue weighted by molar-refractivity contribution is -0.212. The Balaban J connectivity index is 2.46. The van der Waals surface area contributed by atoms with E-state index in [1.54, 1.807) is 27.7 Å². The van der Waals surface area contributed by atoms with Gasteiger partial charge in [-0.2, -0.15) is 13.2 Å². The fourth-order valence-corrected chi connectivity index (χ4v) is 3.01. The van der Waals surface area contributed by atoms with Crippen LogP contribution in [0.2, 0.25) is 0 Å². The SMILES string of the molecule is CC(C)C1NC(=O)C(C(C)C)N(C2(C(F)(F)F)CC2)C1=O. The zero-order valence-corrected chi connectivity index (χ0v) is 12.6. The average molecular weight is 306 g/mol. The molecule has 120 valence electrons. The summed E-state index contributed by atoms with van der Waals surface area (Å²) in [5.41, 5.74) is -2.15. The van der Waals surface area contributed by atoms with Crippen molar-refractivity contribution in [2.24, 2.45) is 11.8 Å².